The molecule has 6 heteroatoms. The highest BCUT2D eigenvalue weighted by atomic mass is 32.2. The van der Waals surface area contributed by atoms with Crippen LogP contribution in [0.5, 0.6) is 0 Å². The van der Waals surface area contributed by atoms with E-state index in [1.165, 1.54) is 31.9 Å². The van der Waals surface area contributed by atoms with Crippen molar-refractivity contribution in [1.82, 2.24) is 10.2 Å². The van der Waals surface area contributed by atoms with Crippen LogP contribution in [0, 0.1) is 11.8 Å². The number of carbonyl (C=O) groups is 1. The van der Waals surface area contributed by atoms with Gasteiger partial charge in [-0.05, 0) is 43.9 Å². The number of hydrogen-bond acceptors (Lipinski definition) is 3. The third-order valence-corrected chi connectivity index (χ3v) is 7.46. The summed E-state index contributed by atoms with van der Waals surface area (Å²) in [5.41, 5.74) is 0. The number of rotatable bonds is 2. The standard InChI is InChI=1S/C16H28N2O3S/c1-22(20,21)15-8-4-7-14(9-15)17-16(19)18-10-12-5-2-3-6-13(12)11-18/h12-15H,2-11H2,1H3,(H,17,19). The third-order valence-electron chi connectivity index (χ3n) is 5.82. The van der Waals surface area contributed by atoms with Gasteiger partial charge in [0.05, 0.1) is 5.25 Å². The Morgan fingerprint density at radius 2 is 1.64 bits per heavy atom. The maximum absolute atomic E-state index is 12.5. The fourth-order valence-corrected chi connectivity index (χ4v) is 5.68. The van der Waals surface area contributed by atoms with E-state index in [1.807, 2.05) is 4.90 Å². The summed E-state index contributed by atoms with van der Waals surface area (Å²) in [7, 11) is -3.00. The first-order valence-electron chi connectivity index (χ1n) is 8.68. The lowest BCUT2D eigenvalue weighted by atomic mass is 9.82. The van der Waals surface area contributed by atoms with Crippen LogP contribution in [-0.2, 0) is 9.84 Å². The number of sulfone groups is 1. The number of likely N-dealkylation sites (tertiary alicyclic amines) is 1. The van der Waals surface area contributed by atoms with Crippen molar-refractivity contribution >= 4 is 15.9 Å². The van der Waals surface area contributed by atoms with Gasteiger partial charge in [-0.2, -0.15) is 0 Å². The lowest BCUT2D eigenvalue weighted by molar-refractivity contribution is 0.198. The van der Waals surface area contributed by atoms with E-state index in [0.717, 1.165) is 32.4 Å². The highest BCUT2D eigenvalue weighted by molar-refractivity contribution is 7.91. The molecule has 0 bridgehead atoms. The molecule has 1 saturated heterocycles. The van der Waals surface area contributed by atoms with Crippen molar-refractivity contribution < 1.29 is 13.2 Å². The average Bonchev–Trinajstić information content (AvgIpc) is 2.90. The molecule has 2 amide bonds. The Morgan fingerprint density at radius 1 is 1.00 bits per heavy atom. The molecule has 2 saturated carbocycles. The van der Waals surface area contributed by atoms with Crippen molar-refractivity contribution in [2.75, 3.05) is 19.3 Å². The van der Waals surface area contributed by atoms with E-state index in [2.05, 4.69) is 5.32 Å². The molecular formula is C16H28N2O3S. The second kappa shape index (κ2) is 6.38. The summed E-state index contributed by atoms with van der Waals surface area (Å²) in [5, 5.41) is 2.81. The third kappa shape index (κ3) is 3.58. The van der Waals surface area contributed by atoms with Gasteiger partial charge in [-0.3, -0.25) is 0 Å². The molecule has 0 spiro atoms. The summed E-state index contributed by atoms with van der Waals surface area (Å²) in [4.78, 5) is 14.4. The minimum absolute atomic E-state index is 0.0172. The van der Waals surface area contributed by atoms with Crippen LogP contribution in [0.3, 0.4) is 0 Å². The minimum Gasteiger partial charge on any atom is -0.335 e. The van der Waals surface area contributed by atoms with E-state index in [0.29, 0.717) is 18.3 Å². The van der Waals surface area contributed by atoms with Crippen LogP contribution < -0.4 is 5.32 Å². The summed E-state index contributed by atoms with van der Waals surface area (Å²) in [6, 6.07) is 0.0390. The molecule has 3 fully saturated rings. The number of fused-ring (bicyclic) bond motifs is 1. The molecule has 1 N–H and O–H groups in total. The summed E-state index contributed by atoms with van der Waals surface area (Å²) in [6.45, 7) is 1.78. The molecule has 4 atom stereocenters. The van der Waals surface area contributed by atoms with Gasteiger partial charge in [0.15, 0.2) is 0 Å². The molecule has 5 nitrogen and oxygen atoms in total. The van der Waals surface area contributed by atoms with Crippen molar-refractivity contribution in [3.8, 4) is 0 Å². The molecule has 0 radical (unpaired) electrons. The number of nitrogens with one attached hydrogen (secondary N) is 1. The van der Waals surface area contributed by atoms with Crippen LogP contribution in [0.1, 0.15) is 51.4 Å². The fraction of sp³-hybridized carbons (Fsp3) is 0.938. The Kier molecular flexibility index (Phi) is 4.67. The van der Waals surface area contributed by atoms with Gasteiger partial charge in [-0.15, -0.1) is 0 Å². The lowest BCUT2D eigenvalue weighted by Gasteiger charge is -2.30. The summed E-state index contributed by atoms with van der Waals surface area (Å²) in [5.74, 6) is 1.38. The molecule has 1 heterocycles. The van der Waals surface area contributed by atoms with Gasteiger partial charge in [0, 0.05) is 25.4 Å². The van der Waals surface area contributed by atoms with Gasteiger partial charge in [-0.1, -0.05) is 19.3 Å². The van der Waals surface area contributed by atoms with Crippen LogP contribution in [0.2, 0.25) is 0 Å². The van der Waals surface area contributed by atoms with Crippen LogP contribution in [0.4, 0.5) is 4.79 Å². The van der Waals surface area contributed by atoms with Crippen molar-refractivity contribution in [3.63, 3.8) is 0 Å². The Labute approximate surface area is 133 Å². The van der Waals surface area contributed by atoms with Gasteiger partial charge in [0.1, 0.15) is 9.84 Å². The van der Waals surface area contributed by atoms with Crippen LogP contribution in [0.15, 0.2) is 0 Å². The first-order chi connectivity index (χ1) is 10.4. The molecule has 3 aliphatic rings. The van der Waals surface area contributed by atoms with E-state index < -0.39 is 9.84 Å². The molecule has 126 valence electrons. The monoisotopic (exact) mass is 328 g/mol. The second-order valence-corrected chi connectivity index (χ2v) is 9.80. The molecule has 1 aliphatic heterocycles. The number of amides is 2. The van der Waals surface area contributed by atoms with E-state index in [-0.39, 0.29) is 17.3 Å². The smallest absolute Gasteiger partial charge is 0.317 e. The van der Waals surface area contributed by atoms with Gasteiger partial charge in [-0.25, -0.2) is 13.2 Å². The number of urea groups is 1. The highest BCUT2D eigenvalue weighted by Gasteiger charge is 2.37. The Morgan fingerprint density at radius 3 is 2.23 bits per heavy atom. The molecule has 0 aromatic heterocycles. The number of hydrogen-bond donors (Lipinski definition) is 1. The topological polar surface area (TPSA) is 66.5 Å². The molecule has 0 aromatic carbocycles. The second-order valence-electron chi connectivity index (χ2n) is 7.47. The average molecular weight is 328 g/mol. The number of nitrogens with zero attached hydrogens (tertiary/aromatic N) is 1. The summed E-state index contributed by atoms with van der Waals surface area (Å²) < 4.78 is 23.4. The predicted octanol–water partition coefficient (Wildman–Crippen LogP) is 2.17. The van der Waals surface area contributed by atoms with E-state index in [1.54, 1.807) is 0 Å². The van der Waals surface area contributed by atoms with Crippen LogP contribution in [0.25, 0.3) is 0 Å². The minimum atomic E-state index is -3.00. The molecular weight excluding hydrogens is 300 g/mol. The van der Waals surface area contributed by atoms with Crippen molar-refractivity contribution in [1.29, 1.82) is 0 Å². The molecule has 22 heavy (non-hydrogen) atoms. The SMILES string of the molecule is CS(=O)(=O)C1CCCC(NC(=O)N2CC3CCCCC3C2)C1. The van der Waals surface area contributed by atoms with Gasteiger partial charge >= 0.3 is 6.03 Å². The largest absolute Gasteiger partial charge is 0.335 e. The van der Waals surface area contributed by atoms with Crippen molar-refractivity contribution in [3.05, 3.63) is 0 Å². The first-order valence-corrected chi connectivity index (χ1v) is 10.6. The Hall–Kier alpha value is -0.780. The maximum atomic E-state index is 12.5. The first kappa shape index (κ1) is 16.1. The molecule has 0 aromatic rings. The highest BCUT2D eigenvalue weighted by Crippen LogP contribution is 2.36. The summed E-state index contributed by atoms with van der Waals surface area (Å²) in [6.07, 6.45) is 9.52. The zero-order valence-electron chi connectivity index (χ0n) is 13.5. The van der Waals surface area contributed by atoms with Gasteiger partial charge in [0.25, 0.3) is 0 Å². The zero-order chi connectivity index (χ0) is 15.7. The maximum Gasteiger partial charge on any atom is 0.317 e. The summed E-state index contributed by atoms with van der Waals surface area (Å²) >= 11 is 0. The predicted molar refractivity (Wildman–Crippen MR) is 86.4 cm³/mol. The van der Waals surface area contributed by atoms with Crippen LogP contribution >= 0.6 is 0 Å². The normalized spacial score (nSPS) is 36.0. The fourth-order valence-electron chi connectivity index (χ4n) is 4.50. The Bertz CT molecular complexity index is 505. The zero-order valence-corrected chi connectivity index (χ0v) is 14.3. The quantitative estimate of drug-likeness (QED) is 0.845. The van der Waals surface area contributed by atoms with Gasteiger partial charge < -0.3 is 10.2 Å². The molecule has 2 aliphatic carbocycles. The van der Waals surface area contributed by atoms with Gasteiger partial charge in [0.2, 0.25) is 0 Å². The van der Waals surface area contributed by atoms with E-state index >= 15 is 0 Å². The number of carbonyl (C=O) groups excluding carboxylic acids is 1. The van der Waals surface area contributed by atoms with Crippen LogP contribution in [-0.4, -0.2) is 50.0 Å². The van der Waals surface area contributed by atoms with Crippen molar-refractivity contribution in [2.45, 2.75) is 62.7 Å². The van der Waals surface area contributed by atoms with Crippen molar-refractivity contribution in [2.24, 2.45) is 11.8 Å². The lowest BCUT2D eigenvalue weighted by Crippen LogP contribution is -2.47. The Balaban J connectivity index is 1.53. The molecule has 3 rings (SSSR count). The molecule has 4 unspecified atom stereocenters. The van der Waals surface area contributed by atoms with E-state index in [9.17, 15) is 13.2 Å². The van der Waals surface area contributed by atoms with E-state index in [4.69, 9.17) is 0 Å².